The number of aryl methyl sites for hydroxylation is 2. The summed E-state index contributed by atoms with van der Waals surface area (Å²) in [5.74, 6) is 5.77. The van der Waals surface area contributed by atoms with E-state index in [2.05, 4.69) is 47.8 Å². The van der Waals surface area contributed by atoms with Crippen molar-refractivity contribution in [3.63, 3.8) is 0 Å². The molecule has 5 nitrogen and oxygen atoms in total. The van der Waals surface area contributed by atoms with Gasteiger partial charge in [-0.25, -0.2) is 10.1 Å². The van der Waals surface area contributed by atoms with Gasteiger partial charge in [-0.05, 0) is 24.0 Å². The van der Waals surface area contributed by atoms with Crippen LogP contribution in [0.1, 0.15) is 43.1 Å². The maximum atomic E-state index is 5.77. The monoisotopic (exact) mass is 259 g/mol. The first-order valence-corrected chi connectivity index (χ1v) is 6.74. The van der Waals surface area contributed by atoms with Gasteiger partial charge in [0.2, 0.25) is 0 Å². The maximum Gasteiger partial charge on any atom is 0.0897 e. The number of nitrogens with zero attached hydrogens (tertiary/aromatic N) is 3. The Hall–Kier alpha value is -1.72. The quantitative estimate of drug-likeness (QED) is 0.613. The fourth-order valence-corrected chi connectivity index (χ4v) is 2.35. The number of benzene rings is 1. The van der Waals surface area contributed by atoms with Crippen LogP contribution in [0.25, 0.3) is 0 Å². The smallest absolute Gasteiger partial charge is 0.0897 e. The molecular formula is C14H21N5. The molecule has 19 heavy (non-hydrogen) atoms. The summed E-state index contributed by atoms with van der Waals surface area (Å²) in [4.78, 5) is 0. The van der Waals surface area contributed by atoms with Crippen LogP contribution in [0.4, 0.5) is 0 Å². The lowest BCUT2D eigenvalue weighted by molar-refractivity contribution is 0.510. The van der Waals surface area contributed by atoms with Gasteiger partial charge in [-0.1, -0.05) is 43.3 Å². The van der Waals surface area contributed by atoms with Crippen molar-refractivity contribution >= 4 is 0 Å². The first-order chi connectivity index (χ1) is 9.31. The summed E-state index contributed by atoms with van der Waals surface area (Å²) in [6.07, 6.45) is 3.78. The molecular weight excluding hydrogens is 238 g/mol. The SMILES string of the molecule is CCCn1nncc1C(NN)c1ccccc1CC. The van der Waals surface area contributed by atoms with Crippen molar-refractivity contribution in [1.29, 1.82) is 0 Å². The van der Waals surface area contributed by atoms with Crippen LogP contribution in [0.2, 0.25) is 0 Å². The first kappa shape index (κ1) is 13.7. The highest BCUT2D eigenvalue weighted by Crippen LogP contribution is 2.24. The Bertz CT molecular complexity index is 520. The predicted molar refractivity (Wildman–Crippen MR) is 75.3 cm³/mol. The molecule has 102 valence electrons. The fraction of sp³-hybridized carbons (Fsp3) is 0.429. The highest BCUT2D eigenvalue weighted by molar-refractivity contribution is 5.34. The van der Waals surface area contributed by atoms with Crippen LogP contribution >= 0.6 is 0 Å². The lowest BCUT2D eigenvalue weighted by atomic mass is 9.97. The van der Waals surface area contributed by atoms with Crippen LogP contribution in [-0.4, -0.2) is 15.0 Å². The van der Waals surface area contributed by atoms with Gasteiger partial charge in [0.1, 0.15) is 0 Å². The van der Waals surface area contributed by atoms with E-state index in [1.54, 1.807) is 6.20 Å². The van der Waals surface area contributed by atoms with Crippen LogP contribution in [-0.2, 0) is 13.0 Å². The minimum atomic E-state index is -0.0716. The van der Waals surface area contributed by atoms with E-state index >= 15 is 0 Å². The summed E-state index contributed by atoms with van der Waals surface area (Å²) in [5.41, 5.74) is 6.37. The number of rotatable bonds is 6. The Kier molecular flexibility index (Phi) is 4.65. The molecule has 5 heteroatoms. The second-order valence-electron chi connectivity index (χ2n) is 4.53. The molecule has 0 saturated carbocycles. The summed E-state index contributed by atoms with van der Waals surface area (Å²) in [5, 5.41) is 8.13. The van der Waals surface area contributed by atoms with E-state index in [1.807, 2.05) is 10.7 Å². The maximum absolute atomic E-state index is 5.77. The molecule has 0 amide bonds. The molecule has 1 aromatic heterocycles. The Morgan fingerprint density at radius 1 is 1.32 bits per heavy atom. The molecule has 0 spiro atoms. The van der Waals surface area contributed by atoms with Gasteiger partial charge in [-0.3, -0.25) is 5.84 Å². The molecule has 0 aliphatic rings. The number of hydrogen-bond donors (Lipinski definition) is 2. The van der Waals surface area contributed by atoms with Crippen LogP contribution in [0, 0.1) is 0 Å². The fourth-order valence-electron chi connectivity index (χ4n) is 2.35. The second kappa shape index (κ2) is 6.45. The van der Waals surface area contributed by atoms with Crippen molar-refractivity contribution in [3.8, 4) is 0 Å². The predicted octanol–water partition coefficient (Wildman–Crippen LogP) is 1.80. The summed E-state index contributed by atoms with van der Waals surface area (Å²) in [6.45, 7) is 5.12. The van der Waals surface area contributed by atoms with Crippen molar-refractivity contribution in [2.24, 2.45) is 5.84 Å². The number of aromatic nitrogens is 3. The van der Waals surface area contributed by atoms with Crippen molar-refractivity contribution in [2.75, 3.05) is 0 Å². The van der Waals surface area contributed by atoms with Gasteiger partial charge >= 0.3 is 0 Å². The van der Waals surface area contributed by atoms with Gasteiger partial charge in [-0.15, -0.1) is 5.10 Å². The normalized spacial score (nSPS) is 12.6. The van der Waals surface area contributed by atoms with Gasteiger partial charge in [-0.2, -0.15) is 0 Å². The third-order valence-corrected chi connectivity index (χ3v) is 3.29. The Morgan fingerprint density at radius 3 is 2.79 bits per heavy atom. The summed E-state index contributed by atoms with van der Waals surface area (Å²) in [6, 6.07) is 8.25. The summed E-state index contributed by atoms with van der Waals surface area (Å²) in [7, 11) is 0. The zero-order valence-electron chi connectivity index (χ0n) is 11.5. The minimum Gasteiger partial charge on any atom is -0.271 e. The zero-order chi connectivity index (χ0) is 13.7. The highest BCUT2D eigenvalue weighted by Gasteiger charge is 2.19. The Morgan fingerprint density at radius 2 is 2.11 bits per heavy atom. The average Bonchev–Trinajstić information content (AvgIpc) is 2.89. The molecule has 0 bridgehead atoms. The Balaban J connectivity index is 2.41. The average molecular weight is 259 g/mol. The van der Waals surface area contributed by atoms with E-state index in [-0.39, 0.29) is 6.04 Å². The molecule has 0 aliphatic carbocycles. The van der Waals surface area contributed by atoms with Gasteiger partial charge in [0.15, 0.2) is 0 Å². The van der Waals surface area contributed by atoms with E-state index in [9.17, 15) is 0 Å². The summed E-state index contributed by atoms with van der Waals surface area (Å²) >= 11 is 0. The number of hydrogen-bond acceptors (Lipinski definition) is 4. The molecule has 0 radical (unpaired) electrons. The van der Waals surface area contributed by atoms with E-state index < -0.39 is 0 Å². The van der Waals surface area contributed by atoms with Crippen LogP contribution in [0.5, 0.6) is 0 Å². The van der Waals surface area contributed by atoms with E-state index in [0.717, 1.165) is 25.1 Å². The largest absolute Gasteiger partial charge is 0.271 e. The van der Waals surface area contributed by atoms with Crippen molar-refractivity contribution in [2.45, 2.75) is 39.3 Å². The van der Waals surface area contributed by atoms with Crippen LogP contribution < -0.4 is 11.3 Å². The molecule has 1 heterocycles. The van der Waals surface area contributed by atoms with Crippen LogP contribution in [0.15, 0.2) is 30.5 Å². The topological polar surface area (TPSA) is 68.8 Å². The lowest BCUT2D eigenvalue weighted by Gasteiger charge is -2.20. The standard InChI is InChI=1S/C14H21N5/c1-3-9-19-13(10-16-18-19)14(17-15)12-8-6-5-7-11(12)4-2/h5-8,10,14,17H,3-4,9,15H2,1-2H3. The van der Waals surface area contributed by atoms with Gasteiger partial charge in [0.05, 0.1) is 17.9 Å². The molecule has 2 rings (SSSR count). The number of nitrogens with one attached hydrogen (secondary N) is 1. The molecule has 1 aromatic carbocycles. The molecule has 3 N–H and O–H groups in total. The highest BCUT2D eigenvalue weighted by atomic mass is 15.4. The Labute approximate surface area is 113 Å². The zero-order valence-corrected chi connectivity index (χ0v) is 11.5. The van der Waals surface area contributed by atoms with E-state index in [1.165, 1.54) is 11.1 Å². The van der Waals surface area contributed by atoms with Gasteiger partial charge in [0, 0.05) is 6.54 Å². The van der Waals surface area contributed by atoms with Crippen molar-refractivity contribution < 1.29 is 0 Å². The van der Waals surface area contributed by atoms with E-state index in [0.29, 0.717) is 0 Å². The third kappa shape index (κ3) is 2.83. The molecule has 0 saturated heterocycles. The minimum absolute atomic E-state index is 0.0716. The van der Waals surface area contributed by atoms with E-state index in [4.69, 9.17) is 5.84 Å². The van der Waals surface area contributed by atoms with Gasteiger partial charge < -0.3 is 0 Å². The molecule has 1 unspecified atom stereocenters. The molecule has 1 atom stereocenters. The summed E-state index contributed by atoms with van der Waals surface area (Å²) < 4.78 is 1.91. The van der Waals surface area contributed by atoms with Crippen molar-refractivity contribution in [3.05, 3.63) is 47.3 Å². The molecule has 0 fully saturated rings. The molecule has 2 aromatic rings. The number of hydrazine groups is 1. The lowest BCUT2D eigenvalue weighted by Crippen LogP contribution is -2.31. The first-order valence-electron chi connectivity index (χ1n) is 6.74. The number of nitrogens with two attached hydrogens (primary N) is 1. The van der Waals surface area contributed by atoms with Crippen LogP contribution in [0.3, 0.4) is 0 Å². The molecule has 0 aliphatic heterocycles. The third-order valence-electron chi connectivity index (χ3n) is 3.29. The van der Waals surface area contributed by atoms with Gasteiger partial charge in [0.25, 0.3) is 0 Å². The van der Waals surface area contributed by atoms with Crippen molar-refractivity contribution in [1.82, 2.24) is 20.4 Å². The second-order valence-corrected chi connectivity index (χ2v) is 4.53.